The molecule has 2 nitrogen and oxygen atoms in total. The monoisotopic (exact) mass is 191 g/mol. The molecule has 0 aliphatic rings. The fourth-order valence-electron chi connectivity index (χ4n) is 0.799. The number of hydrogen-bond acceptors (Lipinski definition) is 2. The van der Waals surface area contributed by atoms with E-state index in [4.69, 9.17) is 4.42 Å². The molecule has 2 aromatic heterocycles. The quantitative estimate of drug-likeness (QED) is 0.641. The number of nitrogens with zero attached hydrogens (tertiary/aromatic N) is 1. The van der Waals surface area contributed by atoms with Crippen molar-refractivity contribution in [2.45, 2.75) is 0 Å². The van der Waals surface area contributed by atoms with Gasteiger partial charge in [-0.2, -0.15) is 0 Å². The zero-order chi connectivity index (χ0) is 6.10. The summed E-state index contributed by atoms with van der Waals surface area (Å²) in [5.74, 6) is 0. The molecule has 0 saturated carbocycles. The van der Waals surface area contributed by atoms with Gasteiger partial charge in [0, 0.05) is 12.3 Å². The van der Waals surface area contributed by atoms with Crippen LogP contribution in [0.3, 0.4) is 0 Å². The normalized spacial score (nSPS) is 8.36. The van der Waals surface area contributed by atoms with Crippen molar-refractivity contribution in [1.29, 1.82) is 0 Å². The van der Waals surface area contributed by atoms with E-state index >= 15 is 0 Å². The highest BCUT2D eigenvalue weighted by Gasteiger charge is 1.91. The average molecular weight is 192 g/mol. The first-order valence-electron chi connectivity index (χ1n) is 2.75. The Labute approximate surface area is 76.4 Å². The third-order valence-electron chi connectivity index (χ3n) is 1.22. The molecular weight excluding hydrogens is 185 g/mol. The number of furan rings is 1. The summed E-state index contributed by atoms with van der Waals surface area (Å²) in [6, 6.07) is 5.59. The lowest BCUT2D eigenvalue weighted by molar-refractivity contribution is 0.615. The van der Waals surface area contributed by atoms with Crippen molar-refractivity contribution in [1.82, 2.24) is 4.98 Å². The molecule has 0 radical (unpaired) electrons. The van der Waals surface area contributed by atoms with E-state index in [1.165, 1.54) is 0 Å². The Kier molecular flexibility index (Phi) is 3.93. The SMILES string of the molecule is Cl.Cl.c1cnc2ccoc2c1. The first-order valence-corrected chi connectivity index (χ1v) is 2.75. The highest BCUT2D eigenvalue weighted by Crippen LogP contribution is 2.09. The molecule has 4 heteroatoms. The summed E-state index contributed by atoms with van der Waals surface area (Å²) < 4.78 is 5.06. The minimum atomic E-state index is 0. The van der Waals surface area contributed by atoms with E-state index in [2.05, 4.69) is 4.98 Å². The number of hydrogen-bond donors (Lipinski definition) is 0. The summed E-state index contributed by atoms with van der Waals surface area (Å²) in [4.78, 5) is 4.05. The number of fused-ring (bicyclic) bond motifs is 1. The van der Waals surface area contributed by atoms with Gasteiger partial charge in [-0.15, -0.1) is 24.8 Å². The van der Waals surface area contributed by atoms with Crippen LogP contribution in [0.15, 0.2) is 35.1 Å². The van der Waals surface area contributed by atoms with Crippen LogP contribution in [0.2, 0.25) is 0 Å². The van der Waals surface area contributed by atoms with Gasteiger partial charge >= 0.3 is 0 Å². The zero-order valence-corrected chi connectivity index (χ0v) is 7.19. The molecule has 0 saturated heterocycles. The van der Waals surface area contributed by atoms with Gasteiger partial charge < -0.3 is 4.42 Å². The van der Waals surface area contributed by atoms with Gasteiger partial charge in [0.15, 0.2) is 5.58 Å². The summed E-state index contributed by atoms with van der Waals surface area (Å²) in [7, 11) is 0. The molecule has 0 fully saturated rings. The van der Waals surface area contributed by atoms with Crippen molar-refractivity contribution in [3.63, 3.8) is 0 Å². The van der Waals surface area contributed by atoms with E-state index in [1.807, 2.05) is 18.2 Å². The summed E-state index contributed by atoms with van der Waals surface area (Å²) >= 11 is 0. The van der Waals surface area contributed by atoms with Crippen LogP contribution in [0.5, 0.6) is 0 Å². The predicted molar refractivity (Wildman–Crippen MR) is 48.5 cm³/mol. The Morgan fingerprint density at radius 1 is 1.18 bits per heavy atom. The predicted octanol–water partition coefficient (Wildman–Crippen LogP) is 2.67. The Bertz CT molecular complexity index is 290. The number of aromatic nitrogens is 1. The Balaban J connectivity index is 0.000000500. The lowest BCUT2D eigenvalue weighted by atomic mass is 10.4. The number of pyridine rings is 1. The van der Waals surface area contributed by atoms with Crippen LogP contribution in [0.1, 0.15) is 0 Å². The van der Waals surface area contributed by atoms with Gasteiger partial charge in [-0.3, -0.25) is 4.98 Å². The maximum atomic E-state index is 5.06. The largest absolute Gasteiger partial charge is 0.463 e. The lowest BCUT2D eigenvalue weighted by Crippen LogP contribution is -1.66. The van der Waals surface area contributed by atoms with Crippen molar-refractivity contribution >= 4 is 35.9 Å². The van der Waals surface area contributed by atoms with Crippen molar-refractivity contribution in [3.8, 4) is 0 Å². The Morgan fingerprint density at radius 3 is 2.73 bits per heavy atom. The fourth-order valence-corrected chi connectivity index (χ4v) is 0.799. The Hall–Kier alpha value is -0.730. The lowest BCUT2D eigenvalue weighted by Gasteiger charge is -1.80. The third kappa shape index (κ3) is 1.85. The molecule has 2 rings (SSSR count). The van der Waals surface area contributed by atoms with E-state index in [-0.39, 0.29) is 24.8 Å². The molecule has 0 amide bonds. The van der Waals surface area contributed by atoms with Crippen LogP contribution in [0, 0.1) is 0 Å². The van der Waals surface area contributed by atoms with Gasteiger partial charge in [0.1, 0.15) is 5.52 Å². The maximum Gasteiger partial charge on any atom is 0.152 e. The van der Waals surface area contributed by atoms with Gasteiger partial charge in [-0.1, -0.05) is 0 Å². The smallest absolute Gasteiger partial charge is 0.152 e. The molecule has 60 valence electrons. The molecule has 0 atom stereocenters. The average Bonchev–Trinajstić information content (AvgIpc) is 2.33. The fraction of sp³-hybridized carbons (Fsp3) is 0. The second-order valence-electron chi connectivity index (χ2n) is 1.81. The molecule has 0 aromatic carbocycles. The van der Waals surface area contributed by atoms with Crippen molar-refractivity contribution < 1.29 is 4.42 Å². The van der Waals surface area contributed by atoms with E-state index in [9.17, 15) is 0 Å². The van der Waals surface area contributed by atoms with Gasteiger partial charge in [-0.25, -0.2) is 0 Å². The van der Waals surface area contributed by atoms with Crippen LogP contribution in [-0.4, -0.2) is 4.98 Å². The highest BCUT2D eigenvalue weighted by atomic mass is 35.5. The highest BCUT2D eigenvalue weighted by molar-refractivity contribution is 5.85. The first-order chi connectivity index (χ1) is 4.47. The molecule has 0 N–H and O–H groups in total. The topological polar surface area (TPSA) is 26.0 Å². The van der Waals surface area contributed by atoms with E-state index in [1.54, 1.807) is 12.5 Å². The van der Waals surface area contributed by atoms with Crippen LogP contribution in [-0.2, 0) is 0 Å². The maximum absolute atomic E-state index is 5.06. The molecule has 0 unspecified atom stereocenters. The summed E-state index contributed by atoms with van der Waals surface area (Å²) in [6.45, 7) is 0. The second kappa shape index (κ2) is 4.21. The van der Waals surface area contributed by atoms with Crippen LogP contribution >= 0.6 is 24.8 Å². The van der Waals surface area contributed by atoms with Crippen LogP contribution in [0.25, 0.3) is 11.1 Å². The van der Waals surface area contributed by atoms with Crippen LogP contribution < -0.4 is 0 Å². The number of halogens is 2. The summed E-state index contributed by atoms with van der Waals surface area (Å²) in [6.07, 6.45) is 3.38. The summed E-state index contributed by atoms with van der Waals surface area (Å²) in [5.41, 5.74) is 1.76. The Morgan fingerprint density at radius 2 is 2.00 bits per heavy atom. The second-order valence-corrected chi connectivity index (χ2v) is 1.81. The van der Waals surface area contributed by atoms with Crippen LogP contribution in [0.4, 0.5) is 0 Å². The molecule has 0 aliphatic heterocycles. The summed E-state index contributed by atoms with van der Waals surface area (Å²) in [5, 5.41) is 0. The minimum absolute atomic E-state index is 0. The first kappa shape index (κ1) is 10.3. The van der Waals surface area contributed by atoms with Gasteiger partial charge in [0.25, 0.3) is 0 Å². The third-order valence-corrected chi connectivity index (χ3v) is 1.22. The van der Waals surface area contributed by atoms with Crippen molar-refractivity contribution in [2.75, 3.05) is 0 Å². The van der Waals surface area contributed by atoms with Gasteiger partial charge in [-0.05, 0) is 12.1 Å². The standard InChI is InChI=1S/C7H5NO.2ClH/c1-2-7-6(8-4-1)3-5-9-7;;/h1-5H;2*1H. The number of rotatable bonds is 0. The minimum Gasteiger partial charge on any atom is -0.463 e. The molecule has 2 aromatic rings. The molecule has 0 spiro atoms. The molecule has 0 bridgehead atoms. The van der Waals surface area contributed by atoms with E-state index < -0.39 is 0 Å². The van der Waals surface area contributed by atoms with Crippen molar-refractivity contribution in [3.05, 3.63) is 30.7 Å². The van der Waals surface area contributed by atoms with Crippen molar-refractivity contribution in [2.24, 2.45) is 0 Å². The van der Waals surface area contributed by atoms with Gasteiger partial charge in [0.2, 0.25) is 0 Å². The van der Waals surface area contributed by atoms with E-state index in [0.717, 1.165) is 11.1 Å². The molecule has 11 heavy (non-hydrogen) atoms. The molecule has 2 heterocycles. The molecule has 0 aliphatic carbocycles. The zero-order valence-electron chi connectivity index (χ0n) is 5.56. The van der Waals surface area contributed by atoms with Gasteiger partial charge in [0.05, 0.1) is 6.26 Å². The molecular formula is C7H7Cl2NO. The van der Waals surface area contributed by atoms with E-state index in [0.29, 0.717) is 0 Å².